The van der Waals surface area contributed by atoms with Crippen molar-refractivity contribution in [1.82, 2.24) is 10.1 Å². The predicted octanol–water partition coefficient (Wildman–Crippen LogP) is 2.87. The van der Waals surface area contributed by atoms with Crippen molar-refractivity contribution in [2.24, 2.45) is 0 Å². The van der Waals surface area contributed by atoms with Gasteiger partial charge in [0.25, 0.3) is 5.91 Å². The Morgan fingerprint density at radius 2 is 2.25 bits per heavy atom. The van der Waals surface area contributed by atoms with E-state index in [4.69, 9.17) is 4.52 Å². The Bertz CT molecular complexity index is 518. The molecule has 0 spiro atoms. The summed E-state index contributed by atoms with van der Waals surface area (Å²) in [5, 5.41) is 5.70. The van der Waals surface area contributed by atoms with Crippen molar-refractivity contribution >= 4 is 33.2 Å². The SMILES string of the molecule is CN(C)C(=O)c1cc(-c2cc(Br)cs2)on1. The lowest BCUT2D eigenvalue weighted by Gasteiger charge is -2.05. The van der Waals surface area contributed by atoms with Crippen molar-refractivity contribution in [3.63, 3.8) is 0 Å². The van der Waals surface area contributed by atoms with Gasteiger partial charge in [-0.3, -0.25) is 4.79 Å². The zero-order valence-electron chi connectivity index (χ0n) is 8.73. The van der Waals surface area contributed by atoms with Crippen LogP contribution in [0.25, 0.3) is 10.6 Å². The summed E-state index contributed by atoms with van der Waals surface area (Å²) in [5.74, 6) is 0.450. The van der Waals surface area contributed by atoms with E-state index in [1.54, 1.807) is 20.2 Å². The zero-order valence-corrected chi connectivity index (χ0v) is 11.1. The highest BCUT2D eigenvalue weighted by molar-refractivity contribution is 9.10. The molecule has 1 amide bonds. The van der Waals surface area contributed by atoms with Gasteiger partial charge in [0.05, 0.1) is 4.88 Å². The normalized spacial score (nSPS) is 10.4. The summed E-state index contributed by atoms with van der Waals surface area (Å²) >= 11 is 4.89. The van der Waals surface area contributed by atoms with Crippen LogP contribution in [0.15, 0.2) is 26.5 Å². The number of aromatic nitrogens is 1. The van der Waals surface area contributed by atoms with Crippen LogP contribution in [0.5, 0.6) is 0 Å². The molecule has 0 atom stereocenters. The molecule has 0 aliphatic heterocycles. The molecule has 0 bridgehead atoms. The molecule has 0 fully saturated rings. The van der Waals surface area contributed by atoms with E-state index >= 15 is 0 Å². The Morgan fingerprint density at radius 3 is 2.81 bits per heavy atom. The lowest BCUT2D eigenvalue weighted by Crippen LogP contribution is -2.21. The average Bonchev–Trinajstić information content (AvgIpc) is 2.84. The standard InChI is InChI=1S/C10H9BrN2O2S/c1-13(2)10(14)7-4-8(15-12-7)9-3-6(11)5-16-9/h3-5H,1-2H3. The minimum Gasteiger partial charge on any atom is -0.355 e. The second-order valence-corrected chi connectivity index (χ2v) is 5.23. The second kappa shape index (κ2) is 4.39. The first-order chi connectivity index (χ1) is 7.58. The van der Waals surface area contributed by atoms with Gasteiger partial charge in [-0.2, -0.15) is 0 Å². The van der Waals surface area contributed by atoms with Gasteiger partial charge < -0.3 is 9.42 Å². The zero-order chi connectivity index (χ0) is 11.7. The molecule has 2 aromatic heterocycles. The third-order valence-corrected chi connectivity index (χ3v) is 3.65. The minimum atomic E-state index is -0.161. The highest BCUT2D eigenvalue weighted by atomic mass is 79.9. The lowest BCUT2D eigenvalue weighted by molar-refractivity contribution is 0.0817. The first-order valence-corrected chi connectivity index (χ1v) is 6.18. The largest absolute Gasteiger partial charge is 0.355 e. The van der Waals surface area contributed by atoms with Crippen molar-refractivity contribution in [2.75, 3.05) is 14.1 Å². The Hall–Kier alpha value is -1.14. The molecule has 0 saturated heterocycles. The Labute approximate surface area is 105 Å². The number of hydrogen-bond acceptors (Lipinski definition) is 4. The number of rotatable bonds is 2. The molecule has 84 valence electrons. The molecule has 0 saturated carbocycles. The van der Waals surface area contributed by atoms with Gasteiger partial charge in [-0.1, -0.05) is 5.16 Å². The van der Waals surface area contributed by atoms with Crippen LogP contribution in [0.3, 0.4) is 0 Å². The maximum absolute atomic E-state index is 11.6. The average molecular weight is 301 g/mol. The van der Waals surface area contributed by atoms with E-state index in [0.717, 1.165) is 9.35 Å². The smallest absolute Gasteiger partial charge is 0.275 e. The highest BCUT2D eigenvalue weighted by Crippen LogP contribution is 2.30. The fourth-order valence-electron chi connectivity index (χ4n) is 1.16. The van der Waals surface area contributed by atoms with Crippen LogP contribution >= 0.6 is 27.3 Å². The predicted molar refractivity (Wildman–Crippen MR) is 65.5 cm³/mol. The maximum atomic E-state index is 11.6. The fourth-order valence-corrected chi connectivity index (χ4v) is 2.54. The molecule has 6 heteroatoms. The second-order valence-electron chi connectivity index (χ2n) is 3.41. The Balaban J connectivity index is 2.29. The minimum absolute atomic E-state index is 0.161. The number of nitrogens with zero attached hydrogens (tertiary/aromatic N) is 2. The van der Waals surface area contributed by atoms with Crippen molar-refractivity contribution < 1.29 is 9.32 Å². The van der Waals surface area contributed by atoms with Gasteiger partial charge in [-0.05, 0) is 22.0 Å². The van der Waals surface area contributed by atoms with E-state index in [2.05, 4.69) is 21.1 Å². The van der Waals surface area contributed by atoms with Gasteiger partial charge in [-0.15, -0.1) is 11.3 Å². The number of amides is 1. The molecule has 16 heavy (non-hydrogen) atoms. The molecule has 0 aromatic carbocycles. The molecule has 0 aliphatic carbocycles. The Morgan fingerprint density at radius 1 is 1.50 bits per heavy atom. The van der Waals surface area contributed by atoms with Crippen LogP contribution in [0.4, 0.5) is 0 Å². The number of carbonyl (C=O) groups excluding carboxylic acids is 1. The van der Waals surface area contributed by atoms with Crippen molar-refractivity contribution in [1.29, 1.82) is 0 Å². The molecule has 0 unspecified atom stereocenters. The molecule has 2 heterocycles. The van der Waals surface area contributed by atoms with Gasteiger partial charge >= 0.3 is 0 Å². The van der Waals surface area contributed by atoms with Crippen LogP contribution in [0, 0.1) is 0 Å². The fraction of sp³-hybridized carbons (Fsp3) is 0.200. The Kier molecular flexibility index (Phi) is 3.11. The summed E-state index contributed by atoms with van der Waals surface area (Å²) in [6.45, 7) is 0. The number of thiophene rings is 1. The summed E-state index contributed by atoms with van der Waals surface area (Å²) in [6, 6.07) is 3.58. The summed E-state index contributed by atoms with van der Waals surface area (Å²) in [4.78, 5) is 14.0. The third kappa shape index (κ3) is 2.17. The summed E-state index contributed by atoms with van der Waals surface area (Å²) in [7, 11) is 3.36. The van der Waals surface area contributed by atoms with Crippen LogP contribution in [0.1, 0.15) is 10.5 Å². The quantitative estimate of drug-likeness (QED) is 0.857. The summed E-state index contributed by atoms with van der Waals surface area (Å²) < 4.78 is 6.12. The van der Waals surface area contributed by atoms with E-state index in [9.17, 15) is 4.79 Å². The topological polar surface area (TPSA) is 46.3 Å². The molecule has 0 radical (unpaired) electrons. The molecule has 0 N–H and O–H groups in total. The van der Waals surface area contributed by atoms with Gasteiger partial charge in [0.15, 0.2) is 11.5 Å². The van der Waals surface area contributed by atoms with Crippen LogP contribution in [-0.4, -0.2) is 30.1 Å². The molecular weight excluding hydrogens is 292 g/mol. The van der Waals surface area contributed by atoms with Crippen molar-refractivity contribution in [3.05, 3.63) is 27.7 Å². The van der Waals surface area contributed by atoms with Gasteiger partial charge in [0, 0.05) is 30.0 Å². The van der Waals surface area contributed by atoms with Crippen LogP contribution in [-0.2, 0) is 0 Å². The van der Waals surface area contributed by atoms with E-state index in [1.807, 2.05) is 11.4 Å². The van der Waals surface area contributed by atoms with E-state index in [1.165, 1.54) is 16.2 Å². The van der Waals surface area contributed by atoms with Crippen molar-refractivity contribution in [2.45, 2.75) is 0 Å². The van der Waals surface area contributed by atoms with E-state index in [-0.39, 0.29) is 5.91 Å². The number of carbonyl (C=O) groups is 1. The van der Waals surface area contributed by atoms with Gasteiger partial charge in [-0.25, -0.2) is 0 Å². The van der Waals surface area contributed by atoms with Gasteiger partial charge in [0.2, 0.25) is 0 Å². The first-order valence-electron chi connectivity index (χ1n) is 4.50. The van der Waals surface area contributed by atoms with Crippen LogP contribution < -0.4 is 0 Å². The summed E-state index contributed by atoms with van der Waals surface area (Å²) in [6.07, 6.45) is 0. The summed E-state index contributed by atoms with van der Waals surface area (Å²) in [5.41, 5.74) is 0.324. The highest BCUT2D eigenvalue weighted by Gasteiger charge is 2.15. The lowest BCUT2D eigenvalue weighted by atomic mass is 10.3. The van der Waals surface area contributed by atoms with E-state index in [0.29, 0.717) is 11.5 Å². The molecule has 0 aliphatic rings. The molecule has 2 aromatic rings. The first kappa shape index (κ1) is 11.3. The van der Waals surface area contributed by atoms with Crippen molar-refractivity contribution in [3.8, 4) is 10.6 Å². The van der Waals surface area contributed by atoms with E-state index < -0.39 is 0 Å². The monoisotopic (exact) mass is 300 g/mol. The van der Waals surface area contributed by atoms with Gasteiger partial charge in [0.1, 0.15) is 0 Å². The third-order valence-electron chi connectivity index (χ3n) is 1.95. The van der Waals surface area contributed by atoms with Crippen LogP contribution in [0.2, 0.25) is 0 Å². The molecule has 4 nitrogen and oxygen atoms in total. The number of halogens is 1. The molecular formula is C10H9BrN2O2S. The molecule has 2 rings (SSSR count). The number of hydrogen-bond donors (Lipinski definition) is 0. The maximum Gasteiger partial charge on any atom is 0.275 e.